The Hall–Kier alpha value is -3.93. The number of alkyl halides is 2. The summed E-state index contributed by atoms with van der Waals surface area (Å²) in [5.74, 6) is -1.64. The van der Waals surface area contributed by atoms with Crippen LogP contribution in [0, 0.1) is 11.2 Å². The van der Waals surface area contributed by atoms with E-state index in [1.54, 1.807) is 15.8 Å². The molecule has 38 heavy (non-hydrogen) atoms. The Labute approximate surface area is 216 Å². The van der Waals surface area contributed by atoms with Gasteiger partial charge < -0.3 is 14.6 Å². The lowest BCUT2D eigenvalue weighted by molar-refractivity contribution is 0.0702. The summed E-state index contributed by atoms with van der Waals surface area (Å²) in [6.07, 6.45) is 0.682. The van der Waals surface area contributed by atoms with Gasteiger partial charge in [0, 0.05) is 55.4 Å². The highest BCUT2D eigenvalue weighted by Crippen LogP contribution is 2.36. The molecule has 2 amide bonds. The highest BCUT2D eigenvalue weighted by atomic mass is 19.3. The second kappa shape index (κ2) is 9.43. The third kappa shape index (κ3) is 4.38. The number of rotatable bonds is 5. The summed E-state index contributed by atoms with van der Waals surface area (Å²) < 4.78 is 47.6. The molecule has 0 radical (unpaired) electrons. The molecule has 0 unspecified atom stereocenters. The van der Waals surface area contributed by atoms with Crippen molar-refractivity contribution in [3.05, 3.63) is 59.9 Å². The summed E-state index contributed by atoms with van der Waals surface area (Å²) in [6.45, 7) is 3.20. The number of urea groups is 1. The Balaban J connectivity index is 1.30. The first-order valence-electron chi connectivity index (χ1n) is 12.4. The molecule has 1 spiro atoms. The van der Waals surface area contributed by atoms with E-state index in [1.165, 1.54) is 12.1 Å². The van der Waals surface area contributed by atoms with Gasteiger partial charge in [0.05, 0.1) is 18.3 Å². The van der Waals surface area contributed by atoms with Gasteiger partial charge in [-0.05, 0) is 48.6 Å². The van der Waals surface area contributed by atoms with Crippen LogP contribution >= 0.6 is 0 Å². The number of hydrogen-bond acceptors (Lipinski definition) is 6. The fourth-order valence-electron chi connectivity index (χ4n) is 5.16. The summed E-state index contributed by atoms with van der Waals surface area (Å²) in [4.78, 5) is 17.2. The molecule has 2 fully saturated rings. The van der Waals surface area contributed by atoms with Crippen LogP contribution in [0.5, 0.6) is 0 Å². The number of nitrogens with one attached hydrogen (secondary N) is 1. The molecule has 2 aliphatic heterocycles. The average molecular weight is 526 g/mol. The second-order valence-corrected chi connectivity index (χ2v) is 10.0. The van der Waals surface area contributed by atoms with Crippen molar-refractivity contribution in [2.24, 2.45) is 12.5 Å². The van der Waals surface area contributed by atoms with Gasteiger partial charge in [-0.1, -0.05) is 6.07 Å². The van der Waals surface area contributed by atoms with Gasteiger partial charge in [0.15, 0.2) is 0 Å². The van der Waals surface area contributed by atoms with Gasteiger partial charge in [-0.25, -0.2) is 9.18 Å². The molecule has 198 valence electrons. The minimum absolute atomic E-state index is 0.0242. The molecule has 12 heteroatoms. The van der Waals surface area contributed by atoms with E-state index in [2.05, 4.69) is 20.6 Å². The van der Waals surface area contributed by atoms with Gasteiger partial charge in [-0.2, -0.15) is 13.9 Å². The van der Waals surface area contributed by atoms with E-state index in [-0.39, 0.29) is 35.0 Å². The smallest absolute Gasteiger partial charge is 0.324 e. The van der Waals surface area contributed by atoms with E-state index in [9.17, 15) is 13.6 Å². The molecule has 0 bridgehead atoms. The van der Waals surface area contributed by atoms with Crippen LogP contribution in [-0.2, 0) is 13.6 Å². The first-order chi connectivity index (χ1) is 18.3. The molecule has 4 aromatic rings. The van der Waals surface area contributed by atoms with Crippen LogP contribution in [0.1, 0.15) is 30.7 Å². The zero-order chi connectivity index (χ0) is 26.4. The standard InChI is InChI=1S/C26H26F3N7O2/c1-34-21-11-19(5-4-17(21)12-31-34)36(25(37)35-8-6-26(7-9-35)14-30-15-26)13-18-3-2-16(10-20(18)27)23-32-33-24(38-23)22(28)29/h2-5,10-12,22,30H,6-9,13-15H2,1H3. The summed E-state index contributed by atoms with van der Waals surface area (Å²) in [5.41, 5.74) is 2.18. The van der Waals surface area contributed by atoms with Gasteiger partial charge in [0.2, 0.25) is 5.89 Å². The number of amides is 2. The fraction of sp³-hybridized carbons (Fsp3) is 0.385. The number of fused-ring (bicyclic) bond motifs is 1. The number of nitrogens with zero attached hydrogens (tertiary/aromatic N) is 6. The number of likely N-dealkylation sites (tertiary alicyclic amines) is 1. The summed E-state index contributed by atoms with van der Waals surface area (Å²) in [7, 11) is 1.82. The minimum Gasteiger partial charge on any atom is -0.415 e. The van der Waals surface area contributed by atoms with Crippen molar-refractivity contribution in [2.75, 3.05) is 31.1 Å². The average Bonchev–Trinajstić information content (AvgIpc) is 3.54. The third-order valence-corrected chi connectivity index (χ3v) is 7.63. The van der Waals surface area contributed by atoms with E-state index in [0.29, 0.717) is 18.8 Å². The molecule has 2 aromatic carbocycles. The number of carbonyl (C=O) groups excluding carboxylic acids is 1. The van der Waals surface area contributed by atoms with E-state index in [1.807, 2.05) is 30.1 Å². The summed E-state index contributed by atoms with van der Waals surface area (Å²) in [6, 6.07) is 9.57. The molecule has 4 heterocycles. The van der Waals surface area contributed by atoms with Gasteiger partial charge in [0.25, 0.3) is 5.89 Å². The first-order valence-corrected chi connectivity index (χ1v) is 12.4. The molecule has 1 N–H and O–H groups in total. The Kier molecular flexibility index (Phi) is 6.05. The zero-order valence-corrected chi connectivity index (χ0v) is 20.7. The van der Waals surface area contributed by atoms with Gasteiger partial charge in [-0.3, -0.25) is 9.58 Å². The molecule has 0 atom stereocenters. The highest BCUT2D eigenvalue weighted by Gasteiger charge is 2.41. The van der Waals surface area contributed by atoms with Crippen molar-refractivity contribution in [2.45, 2.75) is 25.8 Å². The lowest BCUT2D eigenvalue weighted by Crippen LogP contribution is -2.59. The first kappa shape index (κ1) is 24.4. The summed E-state index contributed by atoms with van der Waals surface area (Å²) in [5, 5.41) is 15.4. The Morgan fingerprint density at radius 3 is 2.61 bits per heavy atom. The Bertz CT molecular complexity index is 1490. The zero-order valence-electron chi connectivity index (χ0n) is 20.7. The van der Waals surface area contributed by atoms with Crippen LogP contribution in [-0.4, -0.2) is 57.1 Å². The monoisotopic (exact) mass is 525 g/mol. The quantitative estimate of drug-likeness (QED) is 0.412. The van der Waals surface area contributed by atoms with Crippen LogP contribution < -0.4 is 10.2 Å². The van der Waals surface area contributed by atoms with E-state index in [4.69, 9.17) is 4.42 Å². The SMILES string of the molecule is Cn1ncc2ccc(N(Cc3ccc(-c4nnc(C(F)F)o4)cc3F)C(=O)N3CCC4(CC3)CNC4)cc21. The number of aromatic nitrogens is 4. The molecule has 0 saturated carbocycles. The van der Waals surface area contributed by atoms with E-state index in [0.717, 1.165) is 42.9 Å². The number of carbonyl (C=O) groups is 1. The third-order valence-electron chi connectivity index (χ3n) is 7.63. The van der Waals surface area contributed by atoms with Gasteiger partial charge in [-0.15, -0.1) is 10.2 Å². The Morgan fingerprint density at radius 2 is 1.95 bits per heavy atom. The number of hydrogen-bond donors (Lipinski definition) is 1. The maximum absolute atomic E-state index is 15.3. The van der Waals surface area contributed by atoms with Crippen molar-refractivity contribution in [3.63, 3.8) is 0 Å². The number of halogens is 3. The van der Waals surface area contributed by atoms with Crippen molar-refractivity contribution in [3.8, 4) is 11.5 Å². The number of piperidine rings is 1. The second-order valence-electron chi connectivity index (χ2n) is 10.0. The van der Waals surface area contributed by atoms with Crippen molar-refractivity contribution < 1.29 is 22.4 Å². The van der Waals surface area contributed by atoms with Gasteiger partial charge in [0.1, 0.15) is 5.82 Å². The predicted molar refractivity (Wildman–Crippen MR) is 133 cm³/mol. The maximum Gasteiger partial charge on any atom is 0.324 e. The number of benzene rings is 2. The van der Waals surface area contributed by atoms with E-state index >= 15 is 4.39 Å². The summed E-state index contributed by atoms with van der Waals surface area (Å²) >= 11 is 0. The van der Waals surface area contributed by atoms with Crippen LogP contribution in [0.4, 0.5) is 23.7 Å². The maximum atomic E-state index is 15.3. The molecule has 0 aliphatic carbocycles. The molecule has 2 saturated heterocycles. The van der Waals surface area contributed by atoms with Crippen LogP contribution in [0.15, 0.2) is 47.0 Å². The molecular weight excluding hydrogens is 499 g/mol. The Morgan fingerprint density at radius 1 is 1.16 bits per heavy atom. The predicted octanol–water partition coefficient (Wildman–Crippen LogP) is 4.51. The molecule has 2 aliphatic rings. The lowest BCUT2D eigenvalue weighted by Gasteiger charge is -2.48. The normalized spacial score (nSPS) is 16.8. The molecule has 6 rings (SSSR count). The number of anilines is 1. The number of aryl methyl sites for hydroxylation is 1. The van der Waals surface area contributed by atoms with Gasteiger partial charge >= 0.3 is 12.5 Å². The fourth-order valence-corrected chi connectivity index (χ4v) is 5.16. The van der Waals surface area contributed by atoms with Crippen molar-refractivity contribution in [1.29, 1.82) is 0 Å². The van der Waals surface area contributed by atoms with Crippen molar-refractivity contribution in [1.82, 2.24) is 30.2 Å². The van der Waals surface area contributed by atoms with Crippen LogP contribution in [0.3, 0.4) is 0 Å². The minimum atomic E-state index is -2.91. The van der Waals surface area contributed by atoms with E-state index < -0.39 is 18.1 Å². The topological polar surface area (TPSA) is 92.3 Å². The largest absolute Gasteiger partial charge is 0.415 e. The molecule has 2 aromatic heterocycles. The lowest BCUT2D eigenvalue weighted by atomic mass is 9.73. The van der Waals surface area contributed by atoms with Crippen LogP contribution in [0.2, 0.25) is 0 Å². The molecular formula is C26H26F3N7O2. The molecule has 9 nitrogen and oxygen atoms in total. The highest BCUT2D eigenvalue weighted by molar-refractivity contribution is 5.94. The van der Waals surface area contributed by atoms with Crippen molar-refractivity contribution >= 4 is 22.6 Å². The van der Waals surface area contributed by atoms with Crippen LogP contribution in [0.25, 0.3) is 22.4 Å².